The van der Waals surface area contributed by atoms with Crippen LogP contribution in [0.1, 0.15) is 24.8 Å². The highest BCUT2D eigenvalue weighted by atomic mass is 79.9. The second-order valence-corrected chi connectivity index (χ2v) is 6.04. The summed E-state index contributed by atoms with van der Waals surface area (Å²) < 4.78 is 0.998. The van der Waals surface area contributed by atoms with Gasteiger partial charge in [0.1, 0.15) is 0 Å². The molecule has 0 aromatic heterocycles. The molecule has 1 aliphatic carbocycles. The number of rotatable bonds is 6. The van der Waals surface area contributed by atoms with Crippen LogP contribution in [0.25, 0.3) is 0 Å². The van der Waals surface area contributed by atoms with E-state index in [2.05, 4.69) is 26.9 Å². The van der Waals surface area contributed by atoms with Gasteiger partial charge in [0.2, 0.25) is 0 Å². The normalized spacial score (nSPS) is 15.1. The van der Waals surface area contributed by atoms with Crippen LogP contribution in [0.4, 0.5) is 0 Å². The first kappa shape index (κ1) is 13.8. The van der Waals surface area contributed by atoms with E-state index >= 15 is 0 Å². The number of halogens is 2. The van der Waals surface area contributed by atoms with E-state index in [9.17, 15) is 0 Å². The fourth-order valence-electron chi connectivity index (χ4n) is 1.96. The second-order valence-electron chi connectivity index (χ2n) is 4.71. The Morgan fingerprint density at radius 3 is 2.78 bits per heavy atom. The number of hydrogen-bond donors (Lipinski definition) is 2. The molecule has 0 bridgehead atoms. The van der Waals surface area contributed by atoms with E-state index in [4.69, 9.17) is 22.7 Å². The van der Waals surface area contributed by atoms with Crippen molar-refractivity contribution < 1.29 is 0 Å². The molecule has 0 amide bonds. The summed E-state index contributed by atoms with van der Waals surface area (Å²) in [6, 6.07) is 6.63. The molecule has 0 unspecified atom stereocenters. The van der Waals surface area contributed by atoms with E-state index in [0.717, 1.165) is 28.1 Å². The van der Waals surface area contributed by atoms with Crippen molar-refractivity contribution in [3.63, 3.8) is 0 Å². The summed E-state index contributed by atoms with van der Waals surface area (Å²) in [4.78, 5) is 2.37. The number of amidine groups is 1. The van der Waals surface area contributed by atoms with E-state index in [1.54, 1.807) is 0 Å². The predicted molar refractivity (Wildman–Crippen MR) is 79.1 cm³/mol. The molecule has 98 valence electrons. The maximum atomic E-state index is 7.32. The molecule has 1 saturated carbocycles. The first-order valence-corrected chi connectivity index (χ1v) is 7.24. The van der Waals surface area contributed by atoms with Crippen LogP contribution >= 0.6 is 27.5 Å². The lowest BCUT2D eigenvalue weighted by molar-refractivity contribution is 0.262. The summed E-state index contributed by atoms with van der Waals surface area (Å²) >= 11 is 9.65. The third kappa shape index (κ3) is 3.97. The van der Waals surface area contributed by atoms with E-state index in [1.807, 2.05) is 12.1 Å². The molecule has 1 aliphatic rings. The van der Waals surface area contributed by atoms with Crippen molar-refractivity contribution in [1.29, 1.82) is 5.41 Å². The Bertz CT molecular complexity index is 446. The van der Waals surface area contributed by atoms with Gasteiger partial charge in [0, 0.05) is 35.0 Å². The van der Waals surface area contributed by atoms with E-state index in [-0.39, 0.29) is 5.84 Å². The maximum absolute atomic E-state index is 7.32. The SMILES string of the molecule is N=C(N)CCN(Cc1ccc(Br)cc1Cl)C1CC1. The largest absolute Gasteiger partial charge is 0.388 e. The van der Waals surface area contributed by atoms with Gasteiger partial charge in [-0.15, -0.1) is 0 Å². The molecule has 0 heterocycles. The monoisotopic (exact) mass is 329 g/mol. The average molecular weight is 331 g/mol. The van der Waals surface area contributed by atoms with Gasteiger partial charge in [0.25, 0.3) is 0 Å². The van der Waals surface area contributed by atoms with Gasteiger partial charge >= 0.3 is 0 Å². The van der Waals surface area contributed by atoms with Gasteiger partial charge in [-0.25, -0.2) is 0 Å². The van der Waals surface area contributed by atoms with Crippen LogP contribution in [0, 0.1) is 5.41 Å². The second kappa shape index (κ2) is 6.04. The molecule has 18 heavy (non-hydrogen) atoms. The van der Waals surface area contributed by atoms with Crippen molar-refractivity contribution in [3.8, 4) is 0 Å². The van der Waals surface area contributed by atoms with Crippen LogP contribution in [0.15, 0.2) is 22.7 Å². The molecule has 0 aliphatic heterocycles. The molecule has 0 spiro atoms. The minimum atomic E-state index is 0.252. The number of hydrogen-bond acceptors (Lipinski definition) is 2. The van der Waals surface area contributed by atoms with Crippen molar-refractivity contribution >= 4 is 33.4 Å². The molecule has 0 atom stereocenters. The average Bonchev–Trinajstić information content (AvgIpc) is 3.10. The van der Waals surface area contributed by atoms with Crippen molar-refractivity contribution in [3.05, 3.63) is 33.3 Å². The van der Waals surface area contributed by atoms with Gasteiger partial charge < -0.3 is 5.73 Å². The Morgan fingerprint density at radius 1 is 1.50 bits per heavy atom. The van der Waals surface area contributed by atoms with Gasteiger partial charge in [-0.2, -0.15) is 0 Å². The molecule has 1 aromatic rings. The molecule has 5 heteroatoms. The van der Waals surface area contributed by atoms with E-state index in [1.165, 1.54) is 12.8 Å². The summed E-state index contributed by atoms with van der Waals surface area (Å²) in [5, 5.41) is 8.11. The number of nitrogens with two attached hydrogens (primary N) is 1. The molecular formula is C13H17BrClN3. The first-order valence-electron chi connectivity index (χ1n) is 6.07. The van der Waals surface area contributed by atoms with Gasteiger partial charge in [0.05, 0.1) is 5.84 Å². The molecule has 0 radical (unpaired) electrons. The summed E-state index contributed by atoms with van der Waals surface area (Å²) in [5.41, 5.74) is 6.56. The first-order chi connectivity index (χ1) is 8.56. The number of nitrogens with one attached hydrogen (secondary N) is 1. The fourth-order valence-corrected chi connectivity index (χ4v) is 2.70. The Balaban J connectivity index is 2.01. The molecule has 1 fully saturated rings. The van der Waals surface area contributed by atoms with Gasteiger partial charge in [-0.1, -0.05) is 33.6 Å². The van der Waals surface area contributed by atoms with Crippen LogP contribution < -0.4 is 5.73 Å². The third-order valence-corrected chi connectivity index (χ3v) is 3.97. The Kier molecular flexibility index (Phi) is 4.65. The summed E-state index contributed by atoms with van der Waals surface area (Å²) in [6.07, 6.45) is 3.11. The lowest BCUT2D eigenvalue weighted by Gasteiger charge is -2.22. The smallest absolute Gasteiger partial charge is 0.0918 e. The van der Waals surface area contributed by atoms with Gasteiger partial charge in [-0.3, -0.25) is 10.3 Å². The van der Waals surface area contributed by atoms with E-state index in [0.29, 0.717) is 12.5 Å². The highest BCUT2D eigenvalue weighted by Crippen LogP contribution is 2.30. The van der Waals surface area contributed by atoms with Crippen LogP contribution in [0.3, 0.4) is 0 Å². The maximum Gasteiger partial charge on any atom is 0.0918 e. The van der Waals surface area contributed by atoms with Crippen molar-refractivity contribution in [2.75, 3.05) is 6.54 Å². The van der Waals surface area contributed by atoms with Crippen LogP contribution in [0.5, 0.6) is 0 Å². The third-order valence-electron chi connectivity index (χ3n) is 3.12. The lowest BCUT2D eigenvalue weighted by atomic mass is 10.2. The Morgan fingerprint density at radius 2 is 2.22 bits per heavy atom. The van der Waals surface area contributed by atoms with E-state index < -0.39 is 0 Å². The van der Waals surface area contributed by atoms with Crippen molar-refractivity contribution in [2.24, 2.45) is 5.73 Å². The highest BCUT2D eigenvalue weighted by Gasteiger charge is 2.29. The quantitative estimate of drug-likeness (QED) is 0.620. The molecule has 3 nitrogen and oxygen atoms in total. The number of benzene rings is 1. The molecular weight excluding hydrogens is 314 g/mol. The summed E-state index contributed by atoms with van der Waals surface area (Å²) in [7, 11) is 0. The number of nitrogens with zero attached hydrogens (tertiary/aromatic N) is 1. The Labute approximate surface area is 121 Å². The van der Waals surface area contributed by atoms with Crippen LogP contribution in [-0.2, 0) is 6.54 Å². The fraction of sp³-hybridized carbons (Fsp3) is 0.462. The minimum Gasteiger partial charge on any atom is -0.388 e. The Hall–Kier alpha value is -0.580. The summed E-state index contributed by atoms with van der Waals surface area (Å²) in [6.45, 7) is 1.68. The molecule has 3 N–H and O–H groups in total. The zero-order valence-corrected chi connectivity index (χ0v) is 12.5. The van der Waals surface area contributed by atoms with Crippen LogP contribution in [0.2, 0.25) is 5.02 Å². The standard InChI is InChI=1S/C13H17BrClN3/c14-10-2-1-9(12(15)7-10)8-18(11-3-4-11)6-5-13(16)17/h1-2,7,11H,3-6,8H2,(H3,16,17). The lowest BCUT2D eigenvalue weighted by Crippen LogP contribution is -2.29. The van der Waals surface area contributed by atoms with Crippen LogP contribution in [-0.4, -0.2) is 23.3 Å². The molecule has 0 saturated heterocycles. The topological polar surface area (TPSA) is 53.1 Å². The molecule has 2 rings (SSSR count). The van der Waals surface area contributed by atoms with Gasteiger partial charge in [0.15, 0.2) is 0 Å². The highest BCUT2D eigenvalue weighted by molar-refractivity contribution is 9.10. The zero-order valence-electron chi connectivity index (χ0n) is 10.1. The van der Waals surface area contributed by atoms with Crippen molar-refractivity contribution in [2.45, 2.75) is 31.8 Å². The zero-order chi connectivity index (χ0) is 13.1. The van der Waals surface area contributed by atoms with Gasteiger partial charge in [-0.05, 0) is 30.5 Å². The summed E-state index contributed by atoms with van der Waals surface area (Å²) in [5.74, 6) is 0.252. The van der Waals surface area contributed by atoms with Crippen molar-refractivity contribution in [1.82, 2.24) is 4.90 Å². The predicted octanol–water partition coefficient (Wildman–Crippen LogP) is 3.39. The minimum absolute atomic E-state index is 0.252. The molecule has 1 aromatic carbocycles.